The van der Waals surface area contributed by atoms with Gasteiger partial charge in [0.15, 0.2) is 0 Å². The predicted molar refractivity (Wildman–Crippen MR) is 105 cm³/mol. The van der Waals surface area contributed by atoms with Crippen LogP contribution in [0.5, 0.6) is 0 Å². The number of urea groups is 1. The number of benzene rings is 2. The fraction of sp³-hybridized carbons (Fsp3) is 0.273. The predicted octanol–water partition coefficient (Wildman–Crippen LogP) is 4.28. The molecule has 1 atom stereocenters. The molecular formula is C22H22FN3O2. The van der Waals surface area contributed by atoms with Gasteiger partial charge in [0, 0.05) is 23.0 Å². The average molecular weight is 379 g/mol. The van der Waals surface area contributed by atoms with Crippen LogP contribution in [0, 0.1) is 12.7 Å². The highest BCUT2D eigenvalue weighted by Crippen LogP contribution is 2.38. The maximum Gasteiger partial charge on any atom is 0.322 e. The lowest BCUT2D eigenvalue weighted by atomic mass is 9.93. The number of anilines is 1. The zero-order valence-electron chi connectivity index (χ0n) is 15.8. The third-order valence-electron chi connectivity index (χ3n) is 5.29. The van der Waals surface area contributed by atoms with E-state index in [2.05, 4.69) is 10.6 Å². The van der Waals surface area contributed by atoms with E-state index in [0.717, 1.165) is 18.4 Å². The molecule has 3 amide bonds. The summed E-state index contributed by atoms with van der Waals surface area (Å²) in [6.07, 6.45) is 1.81. The molecule has 0 bridgehead atoms. The van der Waals surface area contributed by atoms with Crippen LogP contribution in [0.3, 0.4) is 0 Å². The number of allylic oxidation sites excluding steroid dienone is 1. The van der Waals surface area contributed by atoms with Crippen molar-refractivity contribution < 1.29 is 14.0 Å². The molecule has 1 heterocycles. The molecule has 0 aromatic heterocycles. The van der Waals surface area contributed by atoms with E-state index in [1.54, 1.807) is 30.0 Å². The third-order valence-corrected chi connectivity index (χ3v) is 5.29. The average Bonchev–Trinajstić information content (AvgIpc) is 3.48. The lowest BCUT2D eigenvalue weighted by Gasteiger charge is -2.36. The van der Waals surface area contributed by atoms with Crippen LogP contribution in [0.4, 0.5) is 14.9 Å². The minimum atomic E-state index is -0.840. The molecule has 28 heavy (non-hydrogen) atoms. The van der Waals surface area contributed by atoms with Gasteiger partial charge in [-0.25, -0.2) is 9.18 Å². The van der Waals surface area contributed by atoms with Crippen LogP contribution in [-0.4, -0.2) is 22.9 Å². The molecule has 1 fully saturated rings. The summed E-state index contributed by atoms with van der Waals surface area (Å²) >= 11 is 0. The van der Waals surface area contributed by atoms with Crippen LogP contribution < -0.4 is 10.6 Å². The van der Waals surface area contributed by atoms with Gasteiger partial charge in [-0.2, -0.15) is 0 Å². The Hall–Kier alpha value is -3.15. The topological polar surface area (TPSA) is 61.4 Å². The van der Waals surface area contributed by atoms with Crippen molar-refractivity contribution in [3.8, 4) is 0 Å². The highest BCUT2D eigenvalue weighted by atomic mass is 19.1. The molecule has 1 aliphatic heterocycles. The van der Waals surface area contributed by atoms with E-state index >= 15 is 0 Å². The maximum absolute atomic E-state index is 14.5. The summed E-state index contributed by atoms with van der Waals surface area (Å²) < 4.78 is 14.5. The number of halogens is 1. The van der Waals surface area contributed by atoms with Gasteiger partial charge in [0.25, 0.3) is 5.91 Å². The number of aryl methyl sites for hydroxylation is 1. The van der Waals surface area contributed by atoms with Crippen LogP contribution in [0.25, 0.3) is 0 Å². The molecule has 0 spiro atoms. The summed E-state index contributed by atoms with van der Waals surface area (Å²) in [4.78, 5) is 27.6. The molecule has 144 valence electrons. The Balaban J connectivity index is 1.77. The number of para-hydroxylation sites is 1. The monoisotopic (exact) mass is 379 g/mol. The maximum atomic E-state index is 14.5. The summed E-state index contributed by atoms with van der Waals surface area (Å²) in [5.41, 5.74) is 2.83. The fourth-order valence-electron chi connectivity index (χ4n) is 3.67. The summed E-state index contributed by atoms with van der Waals surface area (Å²) in [5, 5.41) is 5.76. The first kappa shape index (κ1) is 18.2. The van der Waals surface area contributed by atoms with E-state index in [0.29, 0.717) is 17.0 Å². The summed E-state index contributed by atoms with van der Waals surface area (Å²) in [6.45, 7) is 3.67. The number of carbonyl (C=O) groups excluding carboxylic acids is 2. The molecule has 5 nitrogen and oxygen atoms in total. The first-order valence-electron chi connectivity index (χ1n) is 9.39. The van der Waals surface area contributed by atoms with E-state index in [1.165, 1.54) is 6.07 Å². The van der Waals surface area contributed by atoms with Crippen molar-refractivity contribution >= 4 is 17.6 Å². The smallest absolute Gasteiger partial charge is 0.322 e. The standard InChI is InChI=1S/C22H22FN3O2/c1-13-7-3-6-10-18(13)24-21(27)19-14(2)26(15-11-12-15)22(28)25-20(19)16-8-4-5-9-17(16)23/h3-10,15,20H,11-12H2,1-2H3,(H,24,27)(H,25,28)/t20-/m1/s1. The molecule has 6 heteroatoms. The molecular weight excluding hydrogens is 357 g/mol. The van der Waals surface area contributed by atoms with Crippen molar-refractivity contribution in [2.24, 2.45) is 0 Å². The van der Waals surface area contributed by atoms with Crippen LogP contribution in [0.1, 0.15) is 36.9 Å². The van der Waals surface area contributed by atoms with E-state index < -0.39 is 11.9 Å². The second kappa shape index (κ2) is 7.11. The van der Waals surface area contributed by atoms with Crippen LogP contribution in [-0.2, 0) is 4.79 Å². The molecule has 1 saturated carbocycles. The molecule has 0 unspecified atom stereocenters. The minimum absolute atomic E-state index is 0.0998. The van der Waals surface area contributed by atoms with Gasteiger partial charge in [0.05, 0.1) is 11.6 Å². The van der Waals surface area contributed by atoms with Crippen LogP contribution in [0.2, 0.25) is 0 Å². The molecule has 2 aromatic carbocycles. The highest BCUT2D eigenvalue weighted by molar-refractivity contribution is 6.07. The van der Waals surface area contributed by atoms with Gasteiger partial charge in [-0.3, -0.25) is 9.69 Å². The van der Waals surface area contributed by atoms with E-state index in [1.807, 2.05) is 31.2 Å². The van der Waals surface area contributed by atoms with Crippen molar-refractivity contribution in [1.29, 1.82) is 0 Å². The Morgan fingerprint density at radius 3 is 2.46 bits per heavy atom. The van der Waals surface area contributed by atoms with Gasteiger partial charge < -0.3 is 10.6 Å². The normalized spacial score (nSPS) is 19.5. The Kier molecular flexibility index (Phi) is 4.63. The Labute approximate surface area is 163 Å². The molecule has 2 N–H and O–H groups in total. The Morgan fingerprint density at radius 2 is 1.79 bits per heavy atom. The number of carbonyl (C=O) groups is 2. The van der Waals surface area contributed by atoms with Crippen molar-refractivity contribution in [3.05, 3.63) is 76.7 Å². The highest BCUT2D eigenvalue weighted by Gasteiger charge is 2.42. The van der Waals surface area contributed by atoms with Crippen LogP contribution in [0.15, 0.2) is 59.8 Å². The summed E-state index contributed by atoms with van der Waals surface area (Å²) in [5.74, 6) is -0.799. The number of hydrogen-bond donors (Lipinski definition) is 2. The van der Waals surface area contributed by atoms with Crippen molar-refractivity contribution in [1.82, 2.24) is 10.2 Å². The van der Waals surface area contributed by atoms with E-state index in [-0.39, 0.29) is 23.5 Å². The zero-order valence-corrected chi connectivity index (χ0v) is 15.8. The number of rotatable bonds is 4. The Bertz CT molecular complexity index is 981. The van der Waals surface area contributed by atoms with Gasteiger partial charge in [-0.05, 0) is 44.4 Å². The van der Waals surface area contributed by atoms with Crippen molar-refractivity contribution in [2.75, 3.05) is 5.32 Å². The fourth-order valence-corrected chi connectivity index (χ4v) is 3.67. The first-order valence-corrected chi connectivity index (χ1v) is 9.39. The number of nitrogens with one attached hydrogen (secondary N) is 2. The molecule has 0 radical (unpaired) electrons. The van der Waals surface area contributed by atoms with Crippen molar-refractivity contribution in [2.45, 2.75) is 38.8 Å². The van der Waals surface area contributed by atoms with Gasteiger partial charge in [0.2, 0.25) is 0 Å². The number of amides is 3. The van der Waals surface area contributed by atoms with Gasteiger partial charge in [0.1, 0.15) is 5.82 Å². The van der Waals surface area contributed by atoms with Gasteiger partial charge in [-0.15, -0.1) is 0 Å². The van der Waals surface area contributed by atoms with E-state index in [9.17, 15) is 14.0 Å². The van der Waals surface area contributed by atoms with Crippen LogP contribution >= 0.6 is 0 Å². The lowest BCUT2D eigenvalue weighted by Crippen LogP contribution is -2.49. The molecule has 2 aromatic rings. The minimum Gasteiger partial charge on any atom is -0.326 e. The second-order valence-electron chi connectivity index (χ2n) is 7.27. The number of hydrogen-bond acceptors (Lipinski definition) is 2. The molecule has 4 rings (SSSR count). The SMILES string of the molecule is CC1=C(C(=O)Nc2ccccc2C)[C@@H](c2ccccc2F)NC(=O)N1C1CC1. The van der Waals surface area contributed by atoms with Crippen molar-refractivity contribution in [3.63, 3.8) is 0 Å². The van der Waals surface area contributed by atoms with E-state index in [4.69, 9.17) is 0 Å². The Morgan fingerprint density at radius 1 is 1.11 bits per heavy atom. The lowest BCUT2D eigenvalue weighted by molar-refractivity contribution is -0.113. The number of nitrogens with zero attached hydrogens (tertiary/aromatic N) is 1. The molecule has 0 saturated heterocycles. The van der Waals surface area contributed by atoms with Gasteiger partial charge in [-0.1, -0.05) is 36.4 Å². The zero-order chi connectivity index (χ0) is 19.8. The quantitative estimate of drug-likeness (QED) is 0.833. The largest absolute Gasteiger partial charge is 0.326 e. The van der Waals surface area contributed by atoms with Gasteiger partial charge >= 0.3 is 6.03 Å². The summed E-state index contributed by atoms with van der Waals surface area (Å²) in [7, 11) is 0. The molecule has 2 aliphatic rings. The summed E-state index contributed by atoms with van der Waals surface area (Å²) in [6, 6.07) is 12.7. The molecule has 1 aliphatic carbocycles. The second-order valence-corrected chi connectivity index (χ2v) is 7.27. The third kappa shape index (κ3) is 3.26. The first-order chi connectivity index (χ1) is 13.5.